The minimum absolute atomic E-state index is 0.00294. The third kappa shape index (κ3) is 8.36. The molecule has 13 heteroatoms. The Labute approximate surface area is 196 Å². The monoisotopic (exact) mass is 500 g/mol. The lowest BCUT2D eigenvalue weighted by Gasteiger charge is -2.21. The molecule has 2 rings (SSSR count). The summed E-state index contributed by atoms with van der Waals surface area (Å²) in [7, 11) is 0. The number of nitrogens with zero attached hydrogens (tertiary/aromatic N) is 1. The zero-order valence-electron chi connectivity index (χ0n) is 18.6. The van der Waals surface area contributed by atoms with Gasteiger partial charge in [-0.25, -0.2) is 9.59 Å². The Kier molecular flexibility index (Phi) is 9.26. The van der Waals surface area contributed by atoms with Crippen molar-refractivity contribution in [3.8, 4) is 5.75 Å². The van der Waals surface area contributed by atoms with Gasteiger partial charge in [0.15, 0.2) is 5.76 Å². The van der Waals surface area contributed by atoms with Crippen molar-refractivity contribution in [2.24, 2.45) is 0 Å². The van der Waals surface area contributed by atoms with E-state index in [-0.39, 0.29) is 31.8 Å². The Morgan fingerprint density at radius 2 is 1.74 bits per heavy atom. The SMILES string of the molecule is CCCN(CCNC(=O)c1cc(=O)c(O)c(C(=O)O)o1)C(=O)OCc1ccc(CC(F)(F)F)cc1. The molecule has 0 aliphatic carbocycles. The average molecular weight is 500 g/mol. The Morgan fingerprint density at radius 3 is 2.31 bits per heavy atom. The predicted octanol–water partition coefficient (Wildman–Crippen LogP) is 2.93. The second-order valence-electron chi connectivity index (χ2n) is 7.36. The van der Waals surface area contributed by atoms with E-state index >= 15 is 0 Å². The number of nitrogens with one attached hydrogen (secondary N) is 1. The topological polar surface area (TPSA) is 146 Å². The fourth-order valence-electron chi connectivity index (χ4n) is 2.92. The van der Waals surface area contributed by atoms with Gasteiger partial charge in [0.25, 0.3) is 11.7 Å². The summed E-state index contributed by atoms with van der Waals surface area (Å²) in [6.45, 7) is 1.80. The van der Waals surface area contributed by atoms with E-state index in [1.165, 1.54) is 29.2 Å². The molecule has 0 fully saturated rings. The number of hydrogen-bond donors (Lipinski definition) is 3. The molecule has 0 spiro atoms. The van der Waals surface area contributed by atoms with Gasteiger partial charge in [0, 0.05) is 25.7 Å². The van der Waals surface area contributed by atoms with E-state index < -0.39 is 53.3 Å². The molecule has 0 atom stereocenters. The van der Waals surface area contributed by atoms with Crippen LogP contribution in [-0.4, -0.2) is 58.9 Å². The predicted molar refractivity (Wildman–Crippen MR) is 114 cm³/mol. The maximum absolute atomic E-state index is 12.4. The molecular weight excluding hydrogens is 477 g/mol. The van der Waals surface area contributed by atoms with Gasteiger partial charge in [0.2, 0.25) is 11.2 Å². The van der Waals surface area contributed by atoms with Gasteiger partial charge in [0.1, 0.15) is 6.61 Å². The second kappa shape index (κ2) is 11.9. The normalized spacial score (nSPS) is 11.1. The Morgan fingerprint density at radius 1 is 1.11 bits per heavy atom. The third-order valence-corrected chi connectivity index (χ3v) is 4.55. The third-order valence-electron chi connectivity index (χ3n) is 4.55. The molecule has 35 heavy (non-hydrogen) atoms. The van der Waals surface area contributed by atoms with Crippen molar-refractivity contribution in [1.82, 2.24) is 10.2 Å². The highest BCUT2D eigenvalue weighted by Gasteiger charge is 2.27. The summed E-state index contributed by atoms with van der Waals surface area (Å²) in [6, 6.07) is 6.08. The van der Waals surface area contributed by atoms with Crippen LogP contribution < -0.4 is 10.7 Å². The number of amides is 2. The largest absolute Gasteiger partial charge is 0.501 e. The fraction of sp³-hybridized carbons (Fsp3) is 0.364. The van der Waals surface area contributed by atoms with Gasteiger partial charge in [0.05, 0.1) is 6.42 Å². The van der Waals surface area contributed by atoms with Crippen LogP contribution in [0.2, 0.25) is 0 Å². The lowest BCUT2D eigenvalue weighted by atomic mass is 10.1. The maximum atomic E-state index is 12.4. The van der Waals surface area contributed by atoms with Crippen LogP contribution in [0, 0.1) is 0 Å². The van der Waals surface area contributed by atoms with Crippen molar-refractivity contribution in [1.29, 1.82) is 0 Å². The molecule has 0 unspecified atom stereocenters. The summed E-state index contributed by atoms with van der Waals surface area (Å²) in [4.78, 5) is 48.5. The van der Waals surface area contributed by atoms with Gasteiger partial charge in [-0.1, -0.05) is 31.2 Å². The standard InChI is InChI=1S/C22H23F3N2O8/c1-2-8-27(21(33)34-12-14-5-3-13(4-6-14)11-22(23,24)25)9-7-26-19(30)16-10-15(28)17(29)18(35-16)20(31)32/h3-6,10,29H,2,7-9,11-12H2,1H3,(H,26,30)(H,31,32). The van der Waals surface area contributed by atoms with E-state index in [0.717, 1.165) is 0 Å². The summed E-state index contributed by atoms with van der Waals surface area (Å²) < 4.78 is 47.3. The van der Waals surface area contributed by atoms with Gasteiger partial charge >= 0.3 is 18.2 Å². The Hall–Kier alpha value is -4.03. The van der Waals surface area contributed by atoms with Crippen molar-refractivity contribution in [2.45, 2.75) is 32.5 Å². The average Bonchev–Trinajstić information content (AvgIpc) is 2.78. The first-order chi connectivity index (χ1) is 16.4. The molecule has 10 nitrogen and oxygen atoms in total. The molecule has 0 saturated carbocycles. The fourth-order valence-corrected chi connectivity index (χ4v) is 2.92. The number of carboxylic acids is 1. The molecule has 1 aromatic heterocycles. The molecule has 3 N–H and O–H groups in total. The number of aromatic hydroxyl groups is 1. The summed E-state index contributed by atoms with van der Waals surface area (Å²) in [5, 5.41) is 20.7. The zero-order chi connectivity index (χ0) is 26.2. The lowest BCUT2D eigenvalue weighted by molar-refractivity contribution is -0.127. The van der Waals surface area contributed by atoms with Crippen LogP contribution >= 0.6 is 0 Å². The number of aromatic carboxylic acids is 1. The van der Waals surface area contributed by atoms with E-state index in [0.29, 0.717) is 18.1 Å². The number of hydrogen-bond acceptors (Lipinski definition) is 7. The van der Waals surface area contributed by atoms with Crippen LogP contribution in [-0.2, 0) is 17.8 Å². The van der Waals surface area contributed by atoms with E-state index in [9.17, 15) is 37.5 Å². The zero-order valence-corrected chi connectivity index (χ0v) is 18.6. The molecular formula is C22H23F3N2O8. The van der Waals surface area contributed by atoms with Gasteiger partial charge in [-0.2, -0.15) is 13.2 Å². The molecule has 190 valence electrons. The minimum atomic E-state index is -4.32. The number of carbonyl (C=O) groups excluding carboxylic acids is 2. The number of carboxylic acid groups (broad SMARTS) is 1. The Bertz CT molecular complexity index is 1110. The smallest absolute Gasteiger partial charge is 0.410 e. The molecule has 2 amide bonds. The lowest BCUT2D eigenvalue weighted by Crippen LogP contribution is -2.39. The van der Waals surface area contributed by atoms with Gasteiger partial charge in [-0.15, -0.1) is 0 Å². The molecule has 2 aromatic rings. The van der Waals surface area contributed by atoms with Gasteiger partial charge in [-0.05, 0) is 17.5 Å². The number of benzene rings is 1. The molecule has 0 aliphatic heterocycles. The summed E-state index contributed by atoms with van der Waals surface area (Å²) in [5.74, 6) is -5.52. The summed E-state index contributed by atoms with van der Waals surface area (Å²) in [6.07, 6.45) is -5.54. The van der Waals surface area contributed by atoms with Gasteiger partial charge in [-0.3, -0.25) is 9.59 Å². The molecule has 0 aliphatic rings. The summed E-state index contributed by atoms with van der Waals surface area (Å²) in [5.41, 5.74) is -0.539. The van der Waals surface area contributed by atoms with Crippen molar-refractivity contribution < 1.29 is 46.9 Å². The van der Waals surface area contributed by atoms with Crippen LogP contribution in [0.4, 0.5) is 18.0 Å². The van der Waals surface area contributed by atoms with Gasteiger partial charge < -0.3 is 29.6 Å². The van der Waals surface area contributed by atoms with Crippen LogP contribution in [0.15, 0.2) is 39.5 Å². The first-order valence-electron chi connectivity index (χ1n) is 10.4. The van der Waals surface area contributed by atoms with E-state index in [1.54, 1.807) is 6.92 Å². The van der Waals surface area contributed by atoms with E-state index in [1.807, 2.05) is 0 Å². The molecule has 0 radical (unpaired) electrons. The highest BCUT2D eigenvalue weighted by Crippen LogP contribution is 2.21. The van der Waals surface area contributed by atoms with E-state index in [4.69, 9.17) is 14.3 Å². The highest BCUT2D eigenvalue weighted by molar-refractivity contribution is 5.93. The number of rotatable bonds is 10. The molecule has 0 saturated heterocycles. The number of ether oxygens (including phenoxy) is 1. The molecule has 0 bridgehead atoms. The highest BCUT2D eigenvalue weighted by atomic mass is 19.4. The second-order valence-corrected chi connectivity index (χ2v) is 7.36. The Balaban J connectivity index is 1.91. The number of carbonyl (C=O) groups is 3. The minimum Gasteiger partial charge on any atom is -0.501 e. The van der Waals surface area contributed by atoms with Crippen molar-refractivity contribution in [2.75, 3.05) is 19.6 Å². The quantitative estimate of drug-likeness (QED) is 0.451. The van der Waals surface area contributed by atoms with Crippen LogP contribution in [0.1, 0.15) is 45.6 Å². The van der Waals surface area contributed by atoms with Crippen molar-refractivity contribution >= 4 is 18.0 Å². The number of alkyl halides is 3. The van der Waals surface area contributed by atoms with Crippen molar-refractivity contribution in [3.05, 3.63) is 63.2 Å². The van der Waals surface area contributed by atoms with E-state index in [2.05, 4.69) is 5.32 Å². The van der Waals surface area contributed by atoms with Crippen molar-refractivity contribution in [3.63, 3.8) is 0 Å². The first-order valence-corrected chi connectivity index (χ1v) is 10.4. The molecule has 1 heterocycles. The number of halogens is 3. The van der Waals surface area contributed by atoms with Crippen LogP contribution in [0.5, 0.6) is 5.75 Å². The van der Waals surface area contributed by atoms with Crippen LogP contribution in [0.3, 0.4) is 0 Å². The molecule has 1 aromatic carbocycles. The maximum Gasteiger partial charge on any atom is 0.410 e. The van der Waals surface area contributed by atoms with Crippen LogP contribution in [0.25, 0.3) is 0 Å². The summed E-state index contributed by atoms with van der Waals surface area (Å²) >= 11 is 0. The first kappa shape index (κ1) is 27.2.